The fourth-order valence-corrected chi connectivity index (χ4v) is 3.43. The Balaban J connectivity index is 1.61. The number of nitrogens with one attached hydrogen (secondary N) is 1. The molecule has 0 spiro atoms. The number of tetrazole rings is 1. The maximum absolute atomic E-state index is 9.79. The van der Waals surface area contributed by atoms with Crippen LogP contribution in [0.5, 0.6) is 0 Å². The molecule has 0 radical (unpaired) electrons. The summed E-state index contributed by atoms with van der Waals surface area (Å²) in [6.45, 7) is 0.175. The molecule has 1 aromatic carbocycles. The molecule has 2 aromatic rings. The largest absolute Gasteiger partial charge is 0.395 e. The lowest BCUT2D eigenvalue weighted by Crippen LogP contribution is -2.42. The third-order valence-corrected chi connectivity index (χ3v) is 4.81. The van der Waals surface area contributed by atoms with E-state index in [-0.39, 0.29) is 12.6 Å². The van der Waals surface area contributed by atoms with Crippen LogP contribution >= 0.6 is 0 Å². The van der Waals surface area contributed by atoms with Gasteiger partial charge < -0.3 is 5.11 Å². The summed E-state index contributed by atoms with van der Waals surface area (Å²) in [6, 6.07) is 11.0. The normalized spacial score (nSPS) is 23.0. The number of nitrogens with zero attached hydrogens (tertiary/aromatic N) is 4. The number of aromatic amines is 1. The van der Waals surface area contributed by atoms with Gasteiger partial charge in [0.2, 0.25) is 0 Å². The summed E-state index contributed by atoms with van der Waals surface area (Å²) in [6.07, 6.45) is 4.09. The van der Waals surface area contributed by atoms with Crippen molar-refractivity contribution in [1.29, 1.82) is 0 Å². The summed E-state index contributed by atoms with van der Waals surface area (Å²) in [7, 11) is 2.12. The molecule has 2 N–H and O–H groups in total. The Labute approximate surface area is 130 Å². The zero-order valence-corrected chi connectivity index (χ0v) is 12.9. The van der Waals surface area contributed by atoms with Crippen molar-refractivity contribution in [3.63, 3.8) is 0 Å². The predicted molar refractivity (Wildman–Crippen MR) is 83.3 cm³/mol. The van der Waals surface area contributed by atoms with Gasteiger partial charge in [0.15, 0.2) is 5.82 Å². The summed E-state index contributed by atoms with van der Waals surface area (Å²) < 4.78 is 0. The van der Waals surface area contributed by atoms with Gasteiger partial charge in [0.25, 0.3) is 0 Å². The lowest BCUT2D eigenvalue weighted by atomic mass is 10.0. The van der Waals surface area contributed by atoms with E-state index in [4.69, 9.17) is 0 Å². The van der Waals surface area contributed by atoms with Crippen LogP contribution in [0.15, 0.2) is 30.3 Å². The Morgan fingerprint density at radius 3 is 2.82 bits per heavy atom. The van der Waals surface area contributed by atoms with Crippen molar-refractivity contribution in [3.8, 4) is 0 Å². The molecule has 3 rings (SSSR count). The highest BCUT2D eigenvalue weighted by Gasteiger charge is 2.33. The van der Waals surface area contributed by atoms with E-state index in [0.29, 0.717) is 12.0 Å². The van der Waals surface area contributed by atoms with E-state index in [9.17, 15) is 5.11 Å². The molecule has 1 fully saturated rings. The highest BCUT2D eigenvalue weighted by atomic mass is 16.3. The second-order valence-corrected chi connectivity index (χ2v) is 6.13. The van der Waals surface area contributed by atoms with Gasteiger partial charge in [-0.05, 0) is 38.3 Å². The van der Waals surface area contributed by atoms with Crippen LogP contribution in [0.1, 0.15) is 36.6 Å². The van der Waals surface area contributed by atoms with Crippen LogP contribution in [0.3, 0.4) is 0 Å². The monoisotopic (exact) mass is 301 g/mol. The fourth-order valence-electron chi connectivity index (χ4n) is 3.43. The van der Waals surface area contributed by atoms with Crippen LogP contribution in [0, 0.1) is 0 Å². The molecule has 3 atom stereocenters. The molecule has 1 aliphatic rings. The molecular formula is C16H23N5O. The van der Waals surface area contributed by atoms with E-state index >= 15 is 0 Å². The first-order valence-corrected chi connectivity index (χ1v) is 7.88. The second kappa shape index (κ2) is 6.98. The summed E-state index contributed by atoms with van der Waals surface area (Å²) in [5.74, 6) is 1.20. The molecule has 0 bridgehead atoms. The van der Waals surface area contributed by atoms with Crippen molar-refractivity contribution < 1.29 is 5.11 Å². The van der Waals surface area contributed by atoms with E-state index in [0.717, 1.165) is 31.5 Å². The highest BCUT2D eigenvalue weighted by molar-refractivity contribution is 5.16. The number of H-pyrrole nitrogens is 1. The molecule has 1 aliphatic carbocycles. The predicted octanol–water partition coefficient (Wildman–Crippen LogP) is 1.37. The summed E-state index contributed by atoms with van der Waals surface area (Å²) in [5, 5.41) is 24.2. The number of hydrogen-bond acceptors (Lipinski definition) is 5. The molecule has 1 heterocycles. The molecule has 1 aromatic heterocycles. The molecule has 3 unspecified atom stereocenters. The molecule has 118 valence electrons. The minimum Gasteiger partial charge on any atom is -0.395 e. The average molecular weight is 301 g/mol. The number of aliphatic hydroxyl groups excluding tert-OH is 1. The number of hydrogen-bond donors (Lipinski definition) is 2. The van der Waals surface area contributed by atoms with E-state index in [1.165, 1.54) is 5.56 Å². The average Bonchev–Trinajstić information content (AvgIpc) is 3.23. The van der Waals surface area contributed by atoms with Gasteiger partial charge in [-0.1, -0.05) is 35.5 Å². The fraction of sp³-hybridized carbons (Fsp3) is 0.562. The van der Waals surface area contributed by atoms with Gasteiger partial charge in [-0.2, -0.15) is 5.21 Å². The van der Waals surface area contributed by atoms with Crippen molar-refractivity contribution in [3.05, 3.63) is 41.7 Å². The van der Waals surface area contributed by atoms with Crippen LogP contribution in [-0.2, 0) is 6.42 Å². The number of benzene rings is 1. The summed E-state index contributed by atoms with van der Waals surface area (Å²) >= 11 is 0. The first-order chi connectivity index (χ1) is 10.8. The van der Waals surface area contributed by atoms with Crippen molar-refractivity contribution in [2.24, 2.45) is 0 Å². The lowest BCUT2D eigenvalue weighted by Gasteiger charge is -2.32. The van der Waals surface area contributed by atoms with Crippen molar-refractivity contribution in [1.82, 2.24) is 25.5 Å². The maximum atomic E-state index is 9.79. The highest BCUT2D eigenvalue weighted by Crippen LogP contribution is 2.35. The molecule has 22 heavy (non-hydrogen) atoms. The van der Waals surface area contributed by atoms with Gasteiger partial charge >= 0.3 is 0 Å². The SMILES string of the molecule is CN(C(CO)Cc1ccccc1)C1CCC(c2nn[nH]n2)C1. The van der Waals surface area contributed by atoms with Crippen LogP contribution in [-0.4, -0.2) is 56.4 Å². The topological polar surface area (TPSA) is 77.9 Å². The van der Waals surface area contributed by atoms with E-state index in [1.54, 1.807) is 0 Å². The zero-order valence-electron chi connectivity index (χ0n) is 12.9. The van der Waals surface area contributed by atoms with Crippen molar-refractivity contribution >= 4 is 0 Å². The second-order valence-electron chi connectivity index (χ2n) is 6.13. The molecular weight excluding hydrogens is 278 g/mol. The van der Waals surface area contributed by atoms with Gasteiger partial charge in [0, 0.05) is 18.0 Å². The van der Waals surface area contributed by atoms with Gasteiger partial charge in [-0.25, -0.2) is 0 Å². The Morgan fingerprint density at radius 2 is 2.14 bits per heavy atom. The van der Waals surface area contributed by atoms with Crippen molar-refractivity contribution in [2.75, 3.05) is 13.7 Å². The van der Waals surface area contributed by atoms with Gasteiger partial charge in [-0.3, -0.25) is 4.90 Å². The number of likely N-dealkylation sites (N-methyl/N-ethyl adjacent to an activating group) is 1. The zero-order chi connectivity index (χ0) is 15.4. The number of rotatable bonds is 6. The Morgan fingerprint density at radius 1 is 1.32 bits per heavy atom. The van der Waals surface area contributed by atoms with Gasteiger partial charge in [-0.15, -0.1) is 10.2 Å². The minimum absolute atomic E-state index is 0.149. The van der Waals surface area contributed by atoms with Gasteiger partial charge in [0.05, 0.1) is 6.61 Å². The molecule has 0 amide bonds. The molecule has 0 saturated heterocycles. The Hall–Kier alpha value is -1.79. The van der Waals surface area contributed by atoms with Crippen LogP contribution < -0.4 is 0 Å². The summed E-state index contributed by atoms with van der Waals surface area (Å²) in [4.78, 5) is 2.33. The van der Waals surface area contributed by atoms with Gasteiger partial charge in [0.1, 0.15) is 0 Å². The third kappa shape index (κ3) is 3.34. The van der Waals surface area contributed by atoms with Crippen LogP contribution in [0.25, 0.3) is 0 Å². The van der Waals surface area contributed by atoms with E-state index in [2.05, 4.69) is 44.7 Å². The maximum Gasteiger partial charge on any atom is 0.177 e. The molecule has 1 saturated carbocycles. The number of aliphatic hydroxyl groups is 1. The van der Waals surface area contributed by atoms with Crippen LogP contribution in [0.2, 0.25) is 0 Å². The summed E-state index contributed by atoms with van der Waals surface area (Å²) in [5.41, 5.74) is 1.26. The minimum atomic E-state index is 0.149. The van der Waals surface area contributed by atoms with E-state index in [1.807, 2.05) is 18.2 Å². The molecule has 6 nitrogen and oxygen atoms in total. The lowest BCUT2D eigenvalue weighted by molar-refractivity contribution is 0.109. The van der Waals surface area contributed by atoms with Crippen molar-refractivity contribution in [2.45, 2.75) is 43.7 Å². The first-order valence-electron chi connectivity index (χ1n) is 7.88. The smallest absolute Gasteiger partial charge is 0.177 e. The standard InChI is InChI=1S/C16H23N5O/c1-21(15(11-22)9-12-5-3-2-4-6-12)14-8-7-13(10-14)16-17-19-20-18-16/h2-6,13-15,22H,7-11H2,1H3,(H,17,18,19,20). The van der Waals surface area contributed by atoms with Crippen LogP contribution in [0.4, 0.5) is 0 Å². The van der Waals surface area contributed by atoms with E-state index < -0.39 is 0 Å². The number of aromatic nitrogens is 4. The Kier molecular flexibility index (Phi) is 4.80. The molecule has 6 heteroatoms. The Bertz CT molecular complexity index is 559. The first kappa shape index (κ1) is 15.1. The third-order valence-electron chi connectivity index (χ3n) is 4.81. The molecule has 0 aliphatic heterocycles. The quantitative estimate of drug-likeness (QED) is 0.842.